The topological polar surface area (TPSA) is 124 Å². The minimum absolute atomic E-state index is 0.158. The van der Waals surface area contributed by atoms with Gasteiger partial charge in [0.2, 0.25) is 11.8 Å². The van der Waals surface area contributed by atoms with Crippen LogP contribution in [-0.4, -0.2) is 67.0 Å². The molecule has 0 saturated heterocycles. The van der Waals surface area contributed by atoms with Crippen molar-refractivity contribution < 1.29 is 19.1 Å². The number of aromatic nitrogens is 5. The van der Waals surface area contributed by atoms with E-state index in [9.17, 15) is 14.4 Å². The molecule has 3 aromatic rings. The lowest BCUT2D eigenvalue weighted by atomic mass is 9.97. The smallest absolute Gasteiger partial charge is 0.310 e. The molecule has 14 heteroatoms. The summed E-state index contributed by atoms with van der Waals surface area (Å²) in [7, 11) is 2.94. The van der Waals surface area contributed by atoms with Crippen LogP contribution in [0.2, 0.25) is 10.2 Å². The number of ether oxygens (including phenoxy) is 1. The van der Waals surface area contributed by atoms with E-state index in [-0.39, 0.29) is 5.15 Å². The molecule has 2 amide bonds. The summed E-state index contributed by atoms with van der Waals surface area (Å²) in [6.45, 7) is 1.15. The van der Waals surface area contributed by atoms with Gasteiger partial charge in [0.25, 0.3) is 0 Å². The van der Waals surface area contributed by atoms with E-state index in [2.05, 4.69) is 20.7 Å². The molecule has 0 fully saturated rings. The van der Waals surface area contributed by atoms with Crippen molar-refractivity contribution in [1.29, 1.82) is 0 Å². The number of carbonyl (C=O) groups excluding carboxylic acids is 3. The van der Waals surface area contributed by atoms with Crippen molar-refractivity contribution in [2.24, 2.45) is 13.0 Å². The minimum Gasteiger partial charge on any atom is -0.469 e. The number of amides is 2. The van der Waals surface area contributed by atoms with Crippen molar-refractivity contribution in [3.8, 4) is 5.69 Å². The summed E-state index contributed by atoms with van der Waals surface area (Å²) in [5, 5.41) is 15.2. The van der Waals surface area contributed by atoms with E-state index < -0.39 is 42.2 Å². The zero-order valence-corrected chi connectivity index (χ0v) is 21.3. The predicted octanol–water partition coefficient (Wildman–Crippen LogP) is 2.86. The molecule has 1 N–H and O–H groups in total. The van der Waals surface area contributed by atoms with Gasteiger partial charge in [0.15, 0.2) is 5.15 Å². The molecule has 0 aliphatic carbocycles. The first-order valence-electron chi connectivity index (χ1n) is 10.2. The summed E-state index contributed by atoms with van der Waals surface area (Å²) < 4.78 is 7.77. The summed E-state index contributed by atoms with van der Waals surface area (Å²) in [5.74, 6) is -2.97. The van der Waals surface area contributed by atoms with E-state index >= 15 is 0 Å². The second-order valence-corrected chi connectivity index (χ2v) is 8.61. The normalized spacial score (nSPS) is 12.6. The molecule has 2 atom stereocenters. The average Bonchev–Trinajstić information content (AvgIpc) is 3.45. The highest BCUT2D eigenvalue weighted by Crippen LogP contribution is 2.30. The van der Waals surface area contributed by atoms with Gasteiger partial charge < -0.3 is 15.0 Å². The van der Waals surface area contributed by atoms with Crippen molar-refractivity contribution in [2.75, 3.05) is 24.9 Å². The first-order chi connectivity index (χ1) is 16.6. The van der Waals surface area contributed by atoms with Crippen LogP contribution in [0.15, 0.2) is 36.7 Å². The van der Waals surface area contributed by atoms with Gasteiger partial charge in [-0.2, -0.15) is 5.10 Å². The van der Waals surface area contributed by atoms with Crippen LogP contribution in [0.4, 0.5) is 5.69 Å². The fourth-order valence-electron chi connectivity index (χ4n) is 3.52. The molecule has 0 bridgehead atoms. The molecule has 0 radical (unpaired) electrons. The van der Waals surface area contributed by atoms with Crippen LogP contribution in [0.3, 0.4) is 0 Å². The van der Waals surface area contributed by atoms with E-state index in [4.69, 9.17) is 39.5 Å². The quantitative estimate of drug-likeness (QED) is 0.326. The molecular formula is C21H22Cl3N7O4. The van der Waals surface area contributed by atoms with Gasteiger partial charge >= 0.3 is 5.97 Å². The number of anilines is 1. The third kappa shape index (κ3) is 6.30. The van der Waals surface area contributed by atoms with E-state index in [1.165, 1.54) is 33.6 Å². The number of rotatable bonds is 9. The van der Waals surface area contributed by atoms with Crippen molar-refractivity contribution >= 4 is 58.3 Å². The summed E-state index contributed by atoms with van der Waals surface area (Å²) in [4.78, 5) is 39.6. The van der Waals surface area contributed by atoms with Crippen molar-refractivity contribution in [3.05, 3.63) is 52.5 Å². The number of nitrogens with one attached hydrogen (secondary N) is 1. The Morgan fingerprint density at radius 2 is 1.97 bits per heavy atom. The number of halogens is 3. The maximum atomic E-state index is 13.1. The lowest BCUT2D eigenvalue weighted by molar-refractivity contribution is -0.150. The van der Waals surface area contributed by atoms with Gasteiger partial charge in [0, 0.05) is 18.3 Å². The van der Waals surface area contributed by atoms with E-state index in [0.717, 1.165) is 0 Å². The summed E-state index contributed by atoms with van der Waals surface area (Å²) in [6, 6.07) is 5.50. The summed E-state index contributed by atoms with van der Waals surface area (Å²) in [6.07, 6.45) is 3.12. The number of aryl methyl sites for hydroxylation is 1. The highest BCUT2D eigenvalue weighted by molar-refractivity contribution is 6.31. The van der Waals surface area contributed by atoms with Crippen molar-refractivity contribution in [2.45, 2.75) is 13.0 Å². The molecular weight excluding hydrogens is 521 g/mol. The van der Waals surface area contributed by atoms with Crippen molar-refractivity contribution in [1.82, 2.24) is 29.7 Å². The van der Waals surface area contributed by atoms with Gasteiger partial charge in [-0.25, -0.2) is 4.68 Å². The zero-order chi connectivity index (χ0) is 25.7. The maximum absolute atomic E-state index is 13.1. The van der Waals surface area contributed by atoms with E-state index in [0.29, 0.717) is 22.1 Å². The van der Waals surface area contributed by atoms with Gasteiger partial charge in [-0.05, 0) is 31.2 Å². The van der Waals surface area contributed by atoms with E-state index in [1.807, 2.05) is 0 Å². The number of esters is 1. The molecule has 11 nitrogen and oxygen atoms in total. The molecule has 2 unspecified atom stereocenters. The van der Waals surface area contributed by atoms with Crippen LogP contribution >= 0.6 is 34.8 Å². The second-order valence-electron chi connectivity index (χ2n) is 7.52. The fourth-order valence-corrected chi connectivity index (χ4v) is 3.98. The van der Waals surface area contributed by atoms with Crippen molar-refractivity contribution in [3.63, 3.8) is 0 Å². The Balaban J connectivity index is 1.94. The van der Waals surface area contributed by atoms with Gasteiger partial charge in [-0.3, -0.25) is 19.1 Å². The van der Waals surface area contributed by atoms with Crippen LogP contribution in [-0.2, 0) is 26.2 Å². The first kappa shape index (κ1) is 26.5. The molecule has 1 aromatic carbocycles. The average molecular weight is 543 g/mol. The number of benzene rings is 1. The molecule has 0 aliphatic rings. The standard InChI is InChI=1S/C21H22Cl3N7O4/c1-12(21(34)35-3)20(14-6-7-29(2)27-14)30(19(33)9-22)11-18(32)25-15-8-13(23)4-5-16(15)31-10-17(24)26-28-31/h4-8,10,12,20H,9,11H2,1-3H3,(H,25,32). The number of nitrogens with zero attached hydrogens (tertiary/aromatic N) is 6. The number of hydrogen-bond donors (Lipinski definition) is 1. The molecule has 0 saturated carbocycles. The number of alkyl halides is 1. The SMILES string of the molecule is COC(=O)C(C)C(c1ccn(C)n1)N(CC(=O)Nc1cc(Cl)ccc1-n1cc(Cl)nn1)C(=O)CCl. The Bertz CT molecular complexity index is 1230. The monoisotopic (exact) mass is 541 g/mol. The molecule has 0 spiro atoms. The Kier molecular flexibility index (Phi) is 8.71. The largest absolute Gasteiger partial charge is 0.469 e. The minimum atomic E-state index is -0.909. The first-order valence-corrected chi connectivity index (χ1v) is 11.5. The summed E-state index contributed by atoms with van der Waals surface area (Å²) >= 11 is 17.9. The van der Waals surface area contributed by atoms with Crippen LogP contribution < -0.4 is 5.32 Å². The zero-order valence-electron chi connectivity index (χ0n) is 19.0. The Morgan fingerprint density at radius 1 is 1.23 bits per heavy atom. The van der Waals surface area contributed by atoms with Gasteiger partial charge in [0.05, 0.1) is 42.3 Å². The highest BCUT2D eigenvalue weighted by Gasteiger charge is 2.36. The fraction of sp³-hybridized carbons (Fsp3) is 0.333. The van der Waals surface area contributed by atoms with E-state index in [1.54, 1.807) is 38.4 Å². The van der Waals surface area contributed by atoms with Gasteiger partial charge in [-0.15, -0.1) is 16.7 Å². The molecule has 2 aromatic heterocycles. The predicted molar refractivity (Wildman–Crippen MR) is 130 cm³/mol. The third-order valence-electron chi connectivity index (χ3n) is 5.11. The second kappa shape index (κ2) is 11.5. The number of carbonyl (C=O) groups is 3. The molecule has 35 heavy (non-hydrogen) atoms. The van der Waals surface area contributed by atoms with Crippen LogP contribution in [0.5, 0.6) is 0 Å². The molecule has 186 valence electrons. The molecule has 3 rings (SSSR count). The van der Waals surface area contributed by atoms with Gasteiger partial charge in [0.1, 0.15) is 12.4 Å². The van der Waals surface area contributed by atoms with Crippen LogP contribution in [0.1, 0.15) is 18.7 Å². The Hall–Kier alpha value is -3.15. The number of methoxy groups -OCH3 is 1. The maximum Gasteiger partial charge on any atom is 0.310 e. The Labute approximate surface area is 215 Å². The Morgan fingerprint density at radius 3 is 2.54 bits per heavy atom. The van der Waals surface area contributed by atoms with Gasteiger partial charge in [-0.1, -0.05) is 28.4 Å². The van der Waals surface area contributed by atoms with Crippen LogP contribution in [0.25, 0.3) is 5.69 Å². The molecule has 0 aliphatic heterocycles. The number of hydrogen-bond acceptors (Lipinski definition) is 7. The molecule has 2 heterocycles. The third-order valence-corrected chi connectivity index (χ3v) is 5.75. The lowest BCUT2D eigenvalue weighted by Crippen LogP contribution is -2.45. The lowest BCUT2D eigenvalue weighted by Gasteiger charge is -2.33. The van der Waals surface area contributed by atoms with Crippen LogP contribution in [0, 0.1) is 5.92 Å². The summed E-state index contributed by atoms with van der Waals surface area (Å²) in [5.41, 5.74) is 1.15. The highest BCUT2D eigenvalue weighted by atomic mass is 35.5.